The van der Waals surface area contributed by atoms with Gasteiger partial charge in [-0.3, -0.25) is 9.48 Å². The zero-order valence-electron chi connectivity index (χ0n) is 15.3. The van der Waals surface area contributed by atoms with Crippen molar-refractivity contribution in [2.45, 2.75) is 38.2 Å². The maximum Gasteiger partial charge on any atom is 0.231 e. The van der Waals surface area contributed by atoms with Crippen LogP contribution in [0.4, 0.5) is 4.39 Å². The van der Waals surface area contributed by atoms with Crippen molar-refractivity contribution in [3.8, 4) is 5.69 Å². The first-order valence-corrected chi connectivity index (χ1v) is 9.06. The zero-order valence-corrected chi connectivity index (χ0v) is 15.3. The molecule has 0 spiro atoms. The van der Waals surface area contributed by atoms with Gasteiger partial charge in [0.15, 0.2) is 0 Å². The molecule has 6 nitrogen and oxygen atoms in total. The number of hydrogen-bond donors (Lipinski definition) is 1. The summed E-state index contributed by atoms with van der Waals surface area (Å²) in [6.07, 6.45) is 4.07. The molecule has 0 aliphatic heterocycles. The van der Waals surface area contributed by atoms with E-state index in [-0.39, 0.29) is 5.78 Å². The number of benzene rings is 1. The number of carbonyl (C=O) groups excluding carboxylic acids is 1. The lowest BCUT2D eigenvalue weighted by molar-refractivity contribution is 0.102. The largest absolute Gasteiger partial charge is 0.389 e. The summed E-state index contributed by atoms with van der Waals surface area (Å²) in [7, 11) is 1.85. The van der Waals surface area contributed by atoms with Crippen LogP contribution in [0.3, 0.4) is 0 Å². The molecule has 1 aliphatic rings. The Labute approximate surface area is 156 Å². The maximum absolute atomic E-state index is 13.6. The second-order valence-electron chi connectivity index (χ2n) is 7.04. The molecule has 0 unspecified atom stereocenters. The van der Waals surface area contributed by atoms with Crippen molar-refractivity contribution in [1.29, 1.82) is 0 Å². The summed E-state index contributed by atoms with van der Waals surface area (Å²) < 4.78 is 16.8. The molecule has 140 valence electrons. The number of aliphatic hydroxyl groups excluding tert-OH is 1. The fraction of sp³-hybridized carbons (Fsp3) is 0.350. The van der Waals surface area contributed by atoms with E-state index in [1.54, 1.807) is 17.7 Å². The van der Waals surface area contributed by atoms with Crippen molar-refractivity contribution in [3.63, 3.8) is 0 Å². The first-order chi connectivity index (χ1) is 13.0. The van der Waals surface area contributed by atoms with Gasteiger partial charge >= 0.3 is 0 Å². The second-order valence-corrected chi connectivity index (χ2v) is 7.04. The second kappa shape index (κ2) is 6.74. The molecule has 0 radical (unpaired) electrons. The van der Waals surface area contributed by atoms with E-state index in [0.717, 1.165) is 18.5 Å². The van der Waals surface area contributed by atoms with Gasteiger partial charge in [0.05, 0.1) is 18.0 Å². The van der Waals surface area contributed by atoms with Gasteiger partial charge in [0, 0.05) is 24.2 Å². The van der Waals surface area contributed by atoms with E-state index in [4.69, 9.17) is 0 Å². The Kier molecular flexibility index (Phi) is 4.39. The molecule has 2 heterocycles. The molecule has 0 amide bonds. The molecule has 4 rings (SSSR count). The summed E-state index contributed by atoms with van der Waals surface area (Å²) in [5.74, 6) is -0.244. The minimum atomic E-state index is -0.900. The van der Waals surface area contributed by atoms with Crippen LogP contribution in [-0.2, 0) is 7.05 Å². The van der Waals surface area contributed by atoms with E-state index >= 15 is 0 Å². The van der Waals surface area contributed by atoms with E-state index in [1.807, 2.05) is 13.1 Å². The Morgan fingerprint density at radius 3 is 2.74 bits per heavy atom. The molecule has 27 heavy (non-hydrogen) atoms. The number of aromatic nitrogens is 4. The fourth-order valence-electron chi connectivity index (χ4n) is 3.53. The Balaban J connectivity index is 1.73. The minimum absolute atomic E-state index is 0.255. The van der Waals surface area contributed by atoms with Crippen LogP contribution in [0.2, 0.25) is 0 Å². The van der Waals surface area contributed by atoms with Gasteiger partial charge in [-0.2, -0.15) is 10.2 Å². The molecular weight excluding hydrogens is 347 g/mol. The third kappa shape index (κ3) is 3.08. The highest BCUT2D eigenvalue weighted by Crippen LogP contribution is 2.36. The van der Waals surface area contributed by atoms with E-state index in [9.17, 15) is 14.3 Å². The standard InChI is InChI=1S/C20H21FN4O2/c1-12(26)15-10-14(21)6-7-17(15)25-18(8-9-22-25)20(27)16-11-19(24(2)23-16)13-4-3-5-13/h6-13,26H,3-5H2,1-2H3/t12-/m1/s1. The molecular formula is C20H21FN4O2. The van der Waals surface area contributed by atoms with E-state index < -0.39 is 11.9 Å². The van der Waals surface area contributed by atoms with Crippen LogP contribution in [0.15, 0.2) is 36.5 Å². The Morgan fingerprint density at radius 2 is 2.07 bits per heavy atom. The summed E-state index contributed by atoms with van der Waals surface area (Å²) in [6.45, 7) is 1.55. The van der Waals surface area contributed by atoms with Crippen LogP contribution in [0.1, 0.15) is 65.6 Å². The van der Waals surface area contributed by atoms with E-state index in [2.05, 4.69) is 10.2 Å². The van der Waals surface area contributed by atoms with Crippen molar-refractivity contribution in [2.24, 2.45) is 7.05 Å². The molecule has 1 fully saturated rings. The normalized spacial score (nSPS) is 15.6. The van der Waals surface area contributed by atoms with Crippen LogP contribution < -0.4 is 0 Å². The average molecular weight is 368 g/mol. The first kappa shape index (κ1) is 17.6. The molecule has 7 heteroatoms. The summed E-state index contributed by atoms with van der Waals surface area (Å²) in [5.41, 5.74) is 2.59. The number of aryl methyl sites for hydroxylation is 1. The van der Waals surface area contributed by atoms with Gasteiger partial charge in [0.2, 0.25) is 5.78 Å². The highest BCUT2D eigenvalue weighted by atomic mass is 19.1. The molecule has 3 aromatic rings. The van der Waals surface area contributed by atoms with Gasteiger partial charge in [0.1, 0.15) is 17.2 Å². The van der Waals surface area contributed by atoms with E-state index in [0.29, 0.717) is 28.6 Å². The SMILES string of the molecule is C[C@@H](O)c1cc(F)ccc1-n1nccc1C(=O)c1cc(C2CCC2)n(C)n1. The number of ketones is 1. The van der Waals surface area contributed by atoms with Crippen molar-refractivity contribution < 1.29 is 14.3 Å². The molecule has 1 atom stereocenters. The zero-order chi connectivity index (χ0) is 19.1. The maximum atomic E-state index is 13.6. The average Bonchev–Trinajstić information content (AvgIpc) is 3.20. The third-order valence-electron chi connectivity index (χ3n) is 5.22. The first-order valence-electron chi connectivity index (χ1n) is 9.06. The van der Waals surface area contributed by atoms with Gasteiger partial charge < -0.3 is 5.11 Å². The van der Waals surface area contributed by atoms with Crippen molar-refractivity contribution in [1.82, 2.24) is 19.6 Å². The number of nitrogens with zero attached hydrogens (tertiary/aromatic N) is 4. The summed E-state index contributed by atoms with van der Waals surface area (Å²) in [6, 6.07) is 7.51. The van der Waals surface area contributed by atoms with Gasteiger partial charge in [0.25, 0.3) is 0 Å². The number of carbonyl (C=O) groups is 1. The Morgan fingerprint density at radius 1 is 1.30 bits per heavy atom. The number of rotatable bonds is 5. The van der Waals surface area contributed by atoms with Crippen LogP contribution in [-0.4, -0.2) is 30.5 Å². The lowest BCUT2D eigenvalue weighted by Crippen LogP contribution is -2.13. The van der Waals surface area contributed by atoms with Gasteiger partial charge in [-0.05, 0) is 50.1 Å². The van der Waals surface area contributed by atoms with Crippen molar-refractivity contribution >= 4 is 5.78 Å². The lowest BCUT2D eigenvalue weighted by Gasteiger charge is -2.25. The Bertz CT molecular complexity index is 1000. The quantitative estimate of drug-likeness (QED) is 0.702. The fourth-order valence-corrected chi connectivity index (χ4v) is 3.53. The van der Waals surface area contributed by atoms with Gasteiger partial charge in [-0.25, -0.2) is 9.07 Å². The summed E-state index contributed by atoms with van der Waals surface area (Å²) >= 11 is 0. The number of halogens is 1. The van der Waals surface area contributed by atoms with Crippen LogP contribution in [0.5, 0.6) is 0 Å². The van der Waals surface area contributed by atoms with Crippen LogP contribution in [0.25, 0.3) is 5.69 Å². The van der Waals surface area contributed by atoms with Crippen molar-refractivity contribution in [2.75, 3.05) is 0 Å². The van der Waals surface area contributed by atoms with E-state index in [1.165, 1.54) is 35.5 Å². The highest BCUT2D eigenvalue weighted by molar-refractivity contribution is 6.07. The molecule has 1 N–H and O–H groups in total. The minimum Gasteiger partial charge on any atom is -0.389 e. The topological polar surface area (TPSA) is 72.9 Å². The molecule has 0 bridgehead atoms. The molecule has 2 aromatic heterocycles. The Hall–Kier alpha value is -2.80. The predicted molar refractivity (Wildman–Crippen MR) is 97.4 cm³/mol. The number of hydrogen-bond acceptors (Lipinski definition) is 4. The van der Waals surface area contributed by atoms with Gasteiger partial charge in [-0.1, -0.05) is 6.42 Å². The predicted octanol–water partition coefficient (Wildman–Crippen LogP) is 3.30. The molecule has 1 aliphatic carbocycles. The molecule has 1 aromatic carbocycles. The van der Waals surface area contributed by atoms with Gasteiger partial charge in [-0.15, -0.1) is 0 Å². The monoisotopic (exact) mass is 368 g/mol. The third-order valence-corrected chi connectivity index (χ3v) is 5.22. The summed E-state index contributed by atoms with van der Waals surface area (Å²) in [5, 5.41) is 18.6. The molecule has 1 saturated carbocycles. The lowest BCUT2D eigenvalue weighted by atomic mass is 9.83. The smallest absolute Gasteiger partial charge is 0.231 e. The summed E-state index contributed by atoms with van der Waals surface area (Å²) in [4.78, 5) is 13.1. The van der Waals surface area contributed by atoms with Crippen LogP contribution in [0, 0.1) is 5.82 Å². The van der Waals surface area contributed by atoms with Crippen molar-refractivity contribution in [3.05, 3.63) is 65.0 Å². The highest BCUT2D eigenvalue weighted by Gasteiger charge is 2.26. The number of aliphatic hydroxyl groups is 1. The van der Waals surface area contributed by atoms with Crippen LogP contribution >= 0.6 is 0 Å². The molecule has 0 saturated heterocycles.